The maximum atomic E-state index is 12.7. The van der Waals surface area contributed by atoms with E-state index in [1.54, 1.807) is 0 Å². The summed E-state index contributed by atoms with van der Waals surface area (Å²) in [5, 5.41) is 2.95. The van der Waals surface area contributed by atoms with Gasteiger partial charge in [0, 0.05) is 31.7 Å². The smallest absolute Gasteiger partial charge is 0.411 e. The number of nitrogens with one attached hydrogen (secondary N) is 1. The SMILES string of the molecule is COC(=O)Nc1cc(-c2cccc(CN(C(=O)OC)C3CCC(N)CC3)c2)ccc1N1CCC(Cc2ccccc2)CC1. The van der Waals surface area contributed by atoms with Crippen LogP contribution in [0.5, 0.6) is 0 Å². The van der Waals surface area contributed by atoms with Crippen LogP contribution in [0.1, 0.15) is 49.7 Å². The van der Waals surface area contributed by atoms with Gasteiger partial charge in [-0.15, -0.1) is 0 Å². The van der Waals surface area contributed by atoms with E-state index in [4.69, 9.17) is 15.2 Å². The number of amides is 2. The topological polar surface area (TPSA) is 97.1 Å². The minimum absolute atomic E-state index is 0.114. The van der Waals surface area contributed by atoms with Crippen molar-refractivity contribution < 1.29 is 19.1 Å². The molecule has 0 spiro atoms. The maximum Gasteiger partial charge on any atom is 0.411 e. The fraction of sp³-hybridized carbons (Fsp3) is 0.429. The number of carbonyl (C=O) groups is 2. The molecule has 3 N–H and O–H groups in total. The molecule has 228 valence electrons. The number of benzene rings is 3. The van der Waals surface area contributed by atoms with Gasteiger partial charge in [-0.05, 0) is 91.3 Å². The second-order valence-corrected chi connectivity index (χ2v) is 11.8. The van der Waals surface area contributed by atoms with Crippen molar-refractivity contribution in [3.63, 3.8) is 0 Å². The lowest BCUT2D eigenvalue weighted by Crippen LogP contribution is -2.43. The van der Waals surface area contributed by atoms with Gasteiger partial charge < -0.3 is 25.0 Å². The minimum Gasteiger partial charge on any atom is -0.453 e. The zero-order valence-electron chi connectivity index (χ0n) is 25.3. The number of nitrogens with zero attached hydrogens (tertiary/aromatic N) is 2. The number of nitrogens with two attached hydrogens (primary N) is 1. The van der Waals surface area contributed by atoms with Crippen LogP contribution in [0.3, 0.4) is 0 Å². The standard InChI is InChI=1S/C35H44N4O4/c1-42-34(40)37-32-23-29(11-16-33(32)38-19-17-26(18-20-38)21-25-7-4-3-5-8-25)28-10-6-9-27(22-28)24-39(35(41)43-2)31-14-12-30(36)13-15-31/h3-11,16,22-23,26,30-31H,12-15,17-21,24,36H2,1-2H3,(H,37,40). The summed E-state index contributed by atoms with van der Waals surface area (Å²) in [6, 6.07) is 25.4. The van der Waals surface area contributed by atoms with Crippen molar-refractivity contribution in [3.8, 4) is 11.1 Å². The molecule has 2 amide bonds. The monoisotopic (exact) mass is 584 g/mol. The molecule has 1 saturated heterocycles. The Kier molecular flexibility index (Phi) is 10.2. The van der Waals surface area contributed by atoms with Crippen molar-refractivity contribution >= 4 is 23.6 Å². The van der Waals surface area contributed by atoms with Crippen LogP contribution in [0, 0.1) is 5.92 Å². The van der Waals surface area contributed by atoms with Gasteiger partial charge in [0.2, 0.25) is 0 Å². The Morgan fingerprint density at radius 3 is 2.23 bits per heavy atom. The molecule has 0 unspecified atom stereocenters. The predicted molar refractivity (Wildman–Crippen MR) is 171 cm³/mol. The van der Waals surface area contributed by atoms with E-state index in [9.17, 15) is 9.59 Å². The largest absolute Gasteiger partial charge is 0.453 e. The predicted octanol–water partition coefficient (Wildman–Crippen LogP) is 6.83. The molecule has 1 aliphatic carbocycles. The van der Waals surface area contributed by atoms with Crippen LogP contribution in [0.4, 0.5) is 21.0 Å². The van der Waals surface area contributed by atoms with Crippen LogP contribution in [0.25, 0.3) is 11.1 Å². The lowest BCUT2D eigenvalue weighted by molar-refractivity contribution is 0.0879. The first-order chi connectivity index (χ1) is 20.9. The summed E-state index contributed by atoms with van der Waals surface area (Å²) in [5.74, 6) is 0.646. The van der Waals surface area contributed by atoms with E-state index in [-0.39, 0.29) is 18.2 Å². The van der Waals surface area contributed by atoms with E-state index in [0.717, 1.165) is 86.1 Å². The third-order valence-corrected chi connectivity index (χ3v) is 8.95. The highest BCUT2D eigenvalue weighted by Gasteiger charge is 2.29. The van der Waals surface area contributed by atoms with Gasteiger partial charge in [-0.1, -0.05) is 54.6 Å². The molecule has 3 aromatic rings. The average molecular weight is 585 g/mol. The summed E-state index contributed by atoms with van der Waals surface area (Å²) in [4.78, 5) is 29.3. The van der Waals surface area contributed by atoms with E-state index in [1.165, 1.54) is 19.8 Å². The summed E-state index contributed by atoms with van der Waals surface area (Å²) >= 11 is 0. The highest BCUT2D eigenvalue weighted by molar-refractivity contribution is 5.91. The van der Waals surface area contributed by atoms with Crippen LogP contribution < -0.4 is 16.0 Å². The molecule has 8 nitrogen and oxygen atoms in total. The van der Waals surface area contributed by atoms with E-state index in [1.807, 2.05) is 23.1 Å². The maximum absolute atomic E-state index is 12.7. The lowest BCUT2D eigenvalue weighted by Gasteiger charge is -2.35. The van der Waals surface area contributed by atoms with E-state index >= 15 is 0 Å². The lowest BCUT2D eigenvalue weighted by atomic mass is 9.90. The Hall–Kier alpha value is -4.04. The van der Waals surface area contributed by atoms with E-state index in [2.05, 4.69) is 64.8 Å². The Labute approximate surface area is 255 Å². The number of piperidine rings is 1. The average Bonchev–Trinajstić information content (AvgIpc) is 3.05. The van der Waals surface area contributed by atoms with Crippen molar-refractivity contribution in [2.24, 2.45) is 11.7 Å². The molecule has 1 heterocycles. The number of methoxy groups -OCH3 is 2. The molecule has 1 saturated carbocycles. The molecule has 5 rings (SSSR count). The summed E-state index contributed by atoms with van der Waals surface area (Å²) in [6.45, 7) is 2.32. The first-order valence-electron chi connectivity index (χ1n) is 15.4. The fourth-order valence-electron chi connectivity index (χ4n) is 6.50. The third-order valence-electron chi connectivity index (χ3n) is 8.95. The summed E-state index contributed by atoms with van der Waals surface area (Å²) < 4.78 is 10.1. The summed E-state index contributed by atoms with van der Waals surface area (Å²) in [5.41, 5.74) is 12.2. The number of anilines is 2. The molecular formula is C35H44N4O4. The molecular weight excluding hydrogens is 540 g/mol. The van der Waals surface area contributed by atoms with Crippen LogP contribution in [-0.2, 0) is 22.4 Å². The Bertz CT molecular complexity index is 1370. The summed E-state index contributed by atoms with van der Waals surface area (Å²) in [7, 11) is 2.81. The highest BCUT2D eigenvalue weighted by atomic mass is 16.5. The third kappa shape index (κ3) is 7.87. The quantitative estimate of drug-likeness (QED) is 0.301. The number of ether oxygens (including phenoxy) is 2. The molecule has 2 aliphatic rings. The van der Waals surface area contributed by atoms with Crippen molar-refractivity contribution in [1.82, 2.24) is 4.90 Å². The molecule has 3 aromatic carbocycles. The molecule has 2 fully saturated rings. The van der Waals surface area contributed by atoms with Gasteiger partial charge in [-0.2, -0.15) is 0 Å². The van der Waals surface area contributed by atoms with Crippen LogP contribution >= 0.6 is 0 Å². The van der Waals surface area contributed by atoms with Gasteiger partial charge in [-0.25, -0.2) is 9.59 Å². The van der Waals surface area contributed by atoms with Crippen molar-refractivity contribution in [2.45, 2.75) is 63.6 Å². The van der Waals surface area contributed by atoms with Gasteiger partial charge in [0.1, 0.15) is 0 Å². The zero-order valence-corrected chi connectivity index (χ0v) is 25.3. The molecule has 0 atom stereocenters. The molecule has 0 radical (unpaired) electrons. The number of hydrogen-bond donors (Lipinski definition) is 2. The molecule has 43 heavy (non-hydrogen) atoms. The molecule has 0 aromatic heterocycles. The second kappa shape index (κ2) is 14.4. The van der Waals surface area contributed by atoms with Crippen molar-refractivity contribution in [2.75, 3.05) is 37.5 Å². The van der Waals surface area contributed by atoms with Crippen LogP contribution in [-0.4, -0.2) is 56.5 Å². The van der Waals surface area contributed by atoms with Gasteiger partial charge in [0.15, 0.2) is 0 Å². The van der Waals surface area contributed by atoms with Gasteiger partial charge in [0.05, 0.1) is 25.6 Å². The van der Waals surface area contributed by atoms with Gasteiger partial charge in [-0.3, -0.25) is 5.32 Å². The first-order valence-corrected chi connectivity index (χ1v) is 15.4. The van der Waals surface area contributed by atoms with Crippen LogP contribution in [0.15, 0.2) is 72.8 Å². The zero-order chi connectivity index (χ0) is 30.2. The normalized spacial score (nSPS) is 19.0. The minimum atomic E-state index is -0.493. The second-order valence-electron chi connectivity index (χ2n) is 11.8. The number of carbonyl (C=O) groups excluding carboxylic acids is 2. The highest BCUT2D eigenvalue weighted by Crippen LogP contribution is 2.35. The Balaban J connectivity index is 1.33. The van der Waals surface area contributed by atoms with Gasteiger partial charge >= 0.3 is 12.2 Å². The number of hydrogen-bond acceptors (Lipinski definition) is 6. The molecule has 0 bridgehead atoms. The first kappa shape index (κ1) is 30.4. The molecule has 8 heteroatoms. The van der Waals surface area contributed by atoms with Crippen molar-refractivity contribution in [3.05, 3.63) is 83.9 Å². The van der Waals surface area contributed by atoms with Gasteiger partial charge in [0.25, 0.3) is 0 Å². The Morgan fingerprint density at radius 2 is 1.53 bits per heavy atom. The fourth-order valence-corrected chi connectivity index (χ4v) is 6.50. The molecule has 1 aliphatic heterocycles. The Morgan fingerprint density at radius 1 is 0.837 bits per heavy atom. The van der Waals surface area contributed by atoms with Crippen molar-refractivity contribution in [1.29, 1.82) is 0 Å². The van der Waals surface area contributed by atoms with E-state index in [0.29, 0.717) is 12.5 Å². The van der Waals surface area contributed by atoms with E-state index < -0.39 is 6.09 Å². The number of rotatable bonds is 8. The summed E-state index contributed by atoms with van der Waals surface area (Å²) in [6.07, 6.45) is 6.06. The van der Waals surface area contributed by atoms with Crippen LogP contribution in [0.2, 0.25) is 0 Å².